The topological polar surface area (TPSA) is 29.5 Å². The zero-order valence-electron chi connectivity index (χ0n) is 17.3. The van der Waals surface area contributed by atoms with Crippen LogP contribution in [-0.4, -0.2) is 7.05 Å². The molecule has 0 amide bonds. The van der Waals surface area contributed by atoms with E-state index in [4.69, 9.17) is 4.52 Å². The van der Waals surface area contributed by atoms with E-state index in [1.165, 1.54) is 5.56 Å². The third-order valence-corrected chi connectivity index (χ3v) is 7.75. The molecule has 0 spiro atoms. The number of benzene rings is 3. The minimum Gasteiger partial charge on any atom is -0.437 e. The molecule has 0 aromatic heterocycles. The molecule has 3 aromatic carbocycles. The second-order valence-corrected chi connectivity index (χ2v) is 10.2. The van der Waals surface area contributed by atoms with Crippen LogP contribution in [-0.2, 0) is 9.98 Å². The highest BCUT2D eigenvalue weighted by atomic mass is 31.2. The number of hydrogen-bond donors (Lipinski definition) is 0. The lowest BCUT2D eigenvalue weighted by Gasteiger charge is -2.27. The van der Waals surface area contributed by atoms with Gasteiger partial charge in [0.1, 0.15) is 5.75 Å². The molecule has 3 aromatic rings. The lowest BCUT2D eigenvalue weighted by Crippen LogP contribution is -2.24. The Labute approximate surface area is 173 Å². The molecule has 0 bridgehead atoms. The standard InChI is InChI=1S/C25H26NO2P/c1-19-12-8-11-17-23(19)28-29(27,20-13-6-5-7-14-20)18-24-25(2,3)21-15-9-10-16-22(21)26(24)4/h5-18H,1-4H3/t29-/m0/s1. The van der Waals surface area contributed by atoms with Crippen molar-refractivity contribution in [2.24, 2.45) is 0 Å². The first-order valence-corrected chi connectivity index (χ1v) is 11.5. The zero-order valence-corrected chi connectivity index (χ0v) is 18.2. The van der Waals surface area contributed by atoms with Crippen LogP contribution in [0.3, 0.4) is 0 Å². The summed E-state index contributed by atoms with van der Waals surface area (Å²) >= 11 is 0. The van der Waals surface area contributed by atoms with E-state index in [0.717, 1.165) is 16.9 Å². The van der Waals surface area contributed by atoms with Crippen LogP contribution in [0.25, 0.3) is 0 Å². The first-order chi connectivity index (χ1) is 13.8. The molecule has 0 N–H and O–H groups in total. The van der Waals surface area contributed by atoms with Crippen LogP contribution in [0.2, 0.25) is 0 Å². The minimum absolute atomic E-state index is 0.273. The molecule has 29 heavy (non-hydrogen) atoms. The summed E-state index contributed by atoms with van der Waals surface area (Å²) in [5.41, 5.74) is 4.04. The molecule has 0 fully saturated rings. The fourth-order valence-electron chi connectivity index (χ4n) is 3.98. The van der Waals surface area contributed by atoms with E-state index in [1.807, 2.05) is 80.5 Å². The van der Waals surface area contributed by atoms with Gasteiger partial charge in [0.25, 0.3) is 0 Å². The van der Waals surface area contributed by atoms with Crippen molar-refractivity contribution in [2.75, 3.05) is 11.9 Å². The van der Waals surface area contributed by atoms with Crippen LogP contribution < -0.4 is 14.7 Å². The van der Waals surface area contributed by atoms with Crippen LogP contribution in [0, 0.1) is 6.92 Å². The molecule has 3 nitrogen and oxygen atoms in total. The van der Waals surface area contributed by atoms with Gasteiger partial charge in [-0.05, 0) is 42.3 Å². The van der Waals surface area contributed by atoms with Gasteiger partial charge in [-0.2, -0.15) is 0 Å². The van der Waals surface area contributed by atoms with Crippen molar-refractivity contribution in [2.45, 2.75) is 26.2 Å². The van der Waals surface area contributed by atoms with E-state index in [0.29, 0.717) is 11.1 Å². The molecule has 1 heterocycles. The predicted molar refractivity (Wildman–Crippen MR) is 121 cm³/mol. The molecule has 148 valence electrons. The summed E-state index contributed by atoms with van der Waals surface area (Å²) in [7, 11) is -1.29. The van der Waals surface area contributed by atoms with Crippen molar-refractivity contribution >= 4 is 18.4 Å². The fourth-order valence-corrected chi connectivity index (χ4v) is 6.19. The fraction of sp³-hybridized carbons (Fsp3) is 0.200. The summed E-state index contributed by atoms with van der Waals surface area (Å²) in [6.45, 7) is 6.31. The Balaban J connectivity index is 1.87. The first kappa shape index (κ1) is 19.5. The lowest BCUT2D eigenvalue weighted by atomic mass is 9.84. The molecule has 1 aliphatic rings. The molecule has 4 heteroatoms. The summed E-state index contributed by atoms with van der Waals surface area (Å²) in [5, 5.41) is 0.691. The highest BCUT2D eigenvalue weighted by Crippen LogP contribution is 2.55. The minimum atomic E-state index is -3.32. The van der Waals surface area contributed by atoms with Crippen molar-refractivity contribution in [3.8, 4) is 5.75 Å². The first-order valence-electron chi connectivity index (χ1n) is 9.80. The van der Waals surface area contributed by atoms with Crippen molar-refractivity contribution in [3.63, 3.8) is 0 Å². The molecule has 1 aliphatic heterocycles. The number of para-hydroxylation sites is 2. The highest BCUT2D eigenvalue weighted by molar-refractivity contribution is 7.70. The van der Waals surface area contributed by atoms with Crippen LogP contribution >= 0.6 is 7.37 Å². The Morgan fingerprint density at radius 2 is 1.52 bits per heavy atom. The molecule has 0 saturated heterocycles. The summed E-state index contributed by atoms with van der Waals surface area (Å²) in [6.07, 6.45) is 0. The van der Waals surface area contributed by atoms with Gasteiger partial charge < -0.3 is 9.42 Å². The van der Waals surface area contributed by atoms with Crippen LogP contribution in [0.15, 0.2) is 90.4 Å². The number of nitrogens with zero attached hydrogens (tertiary/aromatic N) is 1. The van der Waals surface area contributed by atoms with E-state index < -0.39 is 7.37 Å². The average Bonchev–Trinajstić information content (AvgIpc) is 2.91. The van der Waals surface area contributed by atoms with Gasteiger partial charge in [0, 0.05) is 29.7 Å². The van der Waals surface area contributed by atoms with Gasteiger partial charge in [0.05, 0.1) is 5.30 Å². The van der Waals surface area contributed by atoms with E-state index in [-0.39, 0.29) is 5.41 Å². The van der Waals surface area contributed by atoms with Crippen molar-refractivity contribution in [1.29, 1.82) is 0 Å². The zero-order chi connectivity index (χ0) is 20.6. The van der Waals surface area contributed by atoms with Gasteiger partial charge in [-0.1, -0.05) is 68.4 Å². The number of rotatable bonds is 4. The smallest absolute Gasteiger partial charge is 0.301 e. The maximum absolute atomic E-state index is 14.4. The number of aryl methyl sites for hydroxylation is 1. The van der Waals surface area contributed by atoms with Gasteiger partial charge in [-0.15, -0.1) is 0 Å². The van der Waals surface area contributed by atoms with Gasteiger partial charge in [0.15, 0.2) is 0 Å². The maximum atomic E-state index is 14.4. The Kier molecular flexibility index (Phi) is 4.88. The highest BCUT2D eigenvalue weighted by Gasteiger charge is 2.41. The number of hydrogen-bond acceptors (Lipinski definition) is 3. The van der Waals surface area contributed by atoms with Crippen LogP contribution in [0.1, 0.15) is 25.0 Å². The SMILES string of the molecule is Cc1ccccc1O[P@@](=O)(C=C1N(C)c2ccccc2C1(C)C)c1ccccc1. The second-order valence-electron chi connectivity index (χ2n) is 8.00. The van der Waals surface area contributed by atoms with Crippen molar-refractivity contribution in [1.82, 2.24) is 0 Å². The molecule has 1 atom stereocenters. The average molecular weight is 403 g/mol. The number of fused-ring (bicyclic) bond motifs is 1. The van der Waals surface area contributed by atoms with Crippen molar-refractivity contribution in [3.05, 3.63) is 102 Å². The second kappa shape index (κ2) is 7.24. The molecular weight excluding hydrogens is 377 g/mol. The number of anilines is 1. The summed E-state index contributed by atoms with van der Waals surface area (Å²) in [5.74, 6) is 2.50. The summed E-state index contributed by atoms with van der Waals surface area (Å²) in [4.78, 5) is 2.13. The van der Waals surface area contributed by atoms with Gasteiger partial charge in [0.2, 0.25) is 0 Å². The number of allylic oxidation sites excluding steroid dienone is 1. The van der Waals surface area contributed by atoms with Crippen molar-refractivity contribution < 1.29 is 9.09 Å². The Morgan fingerprint density at radius 3 is 2.21 bits per heavy atom. The Hall–Kier alpha value is -2.77. The predicted octanol–water partition coefficient (Wildman–Crippen LogP) is 6.25. The monoisotopic (exact) mass is 403 g/mol. The Morgan fingerprint density at radius 1 is 0.897 bits per heavy atom. The molecule has 0 saturated carbocycles. The molecule has 4 rings (SSSR count). The van der Waals surface area contributed by atoms with E-state index in [9.17, 15) is 4.57 Å². The van der Waals surface area contributed by atoms with Crippen LogP contribution in [0.4, 0.5) is 5.69 Å². The van der Waals surface area contributed by atoms with Gasteiger partial charge in [-0.3, -0.25) is 4.57 Å². The van der Waals surface area contributed by atoms with E-state index in [1.54, 1.807) is 0 Å². The van der Waals surface area contributed by atoms with Crippen LogP contribution in [0.5, 0.6) is 5.75 Å². The van der Waals surface area contributed by atoms with E-state index >= 15 is 0 Å². The summed E-state index contributed by atoms with van der Waals surface area (Å²) < 4.78 is 20.6. The quantitative estimate of drug-likeness (QED) is 0.483. The largest absolute Gasteiger partial charge is 0.437 e. The molecule has 0 unspecified atom stereocenters. The maximum Gasteiger partial charge on any atom is 0.301 e. The van der Waals surface area contributed by atoms with E-state index in [2.05, 4.69) is 36.9 Å². The number of likely N-dealkylation sites (N-methyl/N-ethyl adjacent to an activating group) is 1. The molecule has 0 aliphatic carbocycles. The molecular formula is C25H26NO2P. The van der Waals surface area contributed by atoms with Gasteiger partial charge >= 0.3 is 7.37 Å². The third-order valence-electron chi connectivity index (χ3n) is 5.68. The lowest BCUT2D eigenvalue weighted by molar-refractivity contribution is 0.498. The Bertz CT molecular complexity index is 1120. The molecule has 0 radical (unpaired) electrons. The summed E-state index contributed by atoms with van der Waals surface area (Å²) in [6, 6.07) is 25.5. The normalized spacial score (nSPS) is 18.3. The third kappa shape index (κ3) is 3.41. The van der Waals surface area contributed by atoms with Gasteiger partial charge in [-0.25, -0.2) is 0 Å².